The molecular formula is C28H24N2O4. The minimum atomic E-state index is -0.600. The Hall–Kier alpha value is -4.32. The van der Waals surface area contributed by atoms with Crippen LogP contribution in [0.3, 0.4) is 0 Å². The first kappa shape index (κ1) is 22.9. The van der Waals surface area contributed by atoms with Crippen LogP contribution in [0.2, 0.25) is 0 Å². The highest BCUT2D eigenvalue weighted by atomic mass is 16.5. The summed E-state index contributed by atoms with van der Waals surface area (Å²) in [5, 5.41) is 3.32. The number of ketones is 1. The van der Waals surface area contributed by atoms with Crippen LogP contribution in [0.25, 0.3) is 22.2 Å². The van der Waals surface area contributed by atoms with E-state index in [1.54, 1.807) is 24.3 Å². The molecule has 0 aliphatic heterocycles. The summed E-state index contributed by atoms with van der Waals surface area (Å²) in [6.45, 7) is 4.83. The summed E-state index contributed by atoms with van der Waals surface area (Å²) in [4.78, 5) is 41.9. The highest BCUT2D eigenvalue weighted by molar-refractivity contribution is 6.07. The second-order valence-electron chi connectivity index (χ2n) is 8.10. The molecule has 1 heterocycles. The second kappa shape index (κ2) is 9.67. The van der Waals surface area contributed by atoms with Crippen molar-refractivity contribution in [1.82, 2.24) is 4.98 Å². The lowest BCUT2D eigenvalue weighted by Gasteiger charge is -2.14. The van der Waals surface area contributed by atoms with Crippen LogP contribution < -0.4 is 5.32 Å². The molecule has 0 bridgehead atoms. The summed E-state index contributed by atoms with van der Waals surface area (Å²) in [5.74, 6) is -1.20. The molecule has 1 amide bonds. The predicted molar refractivity (Wildman–Crippen MR) is 132 cm³/mol. The van der Waals surface area contributed by atoms with Gasteiger partial charge in [0.1, 0.15) is 0 Å². The molecule has 170 valence electrons. The van der Waals surface area contributed by atoms with Gasteiger partial charge in [0.25, 0.3) is 5.91 Å². The summed E-state index contributed by atoms with van der Waals surface area (Å²) in [5.41, 5.74) is 5.39. The molecule has 0 aliphatic carbocycles. The maximum absolute atomic E-state index is 13.1. The number of amides is 1. The van der Waals surface area contributed by atoms with E-state index in [-0.39, 0.29) is 5.78 Å². The first-order valence-corrected chi connectivity index (χ1v) is 10.9. The Labute approximate surface area is 197 Å². The number of esters is 1. The maximum atomic E-state index is 13.1. The lowest BCUT2D eigenvalue weighted by molar-refractivity contribution is -0.119. The zero-order valence-corrected chi connectivity index (χ0v) is 19.2. The molecule has 0 unspecified atom stereocenters. The minimum absolute atomic E-state index is 0.105. The third-order valence-electron chi connectivity index (χ3n) is 5.55. The highest BCUT2D eigenvalue weighted by Crippen LogP contribution is 2.30. The summed E-state index contributed by atoms with van der Waals surface area (Å²) >= 11 is 0. The third kappa shape index (κ3) is 4.86. The standard InChI is InChI=1S/C28H24N2O4/c1-17-11-13-20(14-12-17)27-18(2)26(23-9-4-5-10-24(23)30-27)28(33)34-16-25(32)29-22-8-6-7-21(15-22)19(3)31/h4-15H,16H2,1-3H3,(H,29,32). The summed E-state index contributed by atoms with van der Waals surface area (Å²) in [6, 6.07) is 21.9. The van der Waals surface area contributed by atoms with Gasteiger partial charge < -0.3 is 10.1 Å². The Kier molecular flexibility index (Phi) is 6.50. The minimum Gasteiger partial charge on any atom is -0.452 e. The number of hydrogen-bond acceptors (Lipinski definition) is 5. The molecule has 4 rings (SSSR count). The average Bonchev–Trinajstić information content (AvgIpc) is 2.83. The van der Waals surface area contributed by atoms with Gasteiger partial charge in [-0.15, -0.1) is 0 Å². The van der Waals surface area contributed by atoms with Gasteiger partial charge in [-0.05, 0) is 44.5 Å². The van der Waals surface area contributed by atoms with Gasteiger partial charge in [0.2, 0.25) is 0 Å². The molecule has 0 fully saturated rings. The Morgan fingerprint density at radius 1 is 0.912 bits per heavy atom. The average molecular weight is 453 g/mol. The van der Waals surface area contributed by atoms with Crippen molar-refractivity contribution in [2.75, 3.05) is 11.9 Å². The van der Waals surface area contributed by atoms with Crippen LogP contribution >= 0.6 is 0 Å². The quantitative estimate of drug-likeness (QED) is 0.308. The number of rotatable bonds is 6. The molecule has 3 aromatic carbocycles. The van der Waals surface area contributed by atoms with Crippen molar-refractivity contribution in [3.8, 4) is 11.3 Å². The molecule has 4 aromatic rings. The lowest BCUT2D eigenvalue weighted by Crippen LogP contribution is -2.21. The number of hydrogen-bond donors (Lipinski definition) is 1. The summed E-state index contributed by atoms with van der Waals surface area (Å²) in [7, 11) is 0. The molecule has 0 saturated heterocycles. The Morgan fingerprint density at radius 3 is 2.38 bits per heavy atom. The van der Waals surface area contributed by atoms with E-state index >= 15 is 0 Å². The van der Waals surface area contributed by atoms with E-state index in [1.807, 2.05) is 62.4 Å². The molecule has 0 radical (unpaired) electrons. The number of Topliss-reactive ketones (excluding diaryl/α,β-unsaturated/α-hetero) is 1. The molecule has 1 N–H and O–H groups in total. The number of ether oxygens (including phenoxy) is 1. The molecule has 0 atom stereocenters. The van der Waals surface area contributed by atoms with Crippen molar-refractivity contribution in [2.45, 2.75) is 20.8 Å². The van der Waals surface area contributed by atoms with E-state index in [0.29, 0.717) is 39.0 Å². The van der Waals surface area contributed by atoms with Crippen molar-refractivity contribution >= 4 is 34.3 Å². The fraction of sp³-hybridized carbons (Fsp3) is 0.143. The Balaban J connectivity index is 1.59. The monoisotopic (exact) mass is 452 g/mol. The van der Waals surface area contributed by atoms with Crippen molar-refractivity contribution < 1.29 is 19.1 Å². The van der Waals surface area contributed by atoms with Gasteiger partial charge in [0.15, 0.2) is 12.4 Å². The smallest absolute Gasteiger partial charge is 0.339 e. The zero-order valence-electron chi connectivity index (χ0n) is 19.2. The van der Waals surface area contributed by atoms with Crippen LogP contribution in [-0.2, 0) is 9.53 Å². The fourth-order valence-electron chi connectivity index (χ4n) is 3.78. The van der Waals surface area contributed by atoms with Crippen LogP contribution in [0.4, 0.5) is 5.69 Å². The second-order valence-corrected chi connectivity index (χ2v) is 8.10. The van der Waals surface area contributed by atoms with Gasteiger partial charge in [0.05, 0.1) is 16.8 Å². The molecule has 0 aliphatic rings. The number of aromatic nitrogens is 1. The van der Waals surface area contributed by atoms with Crippen LogP contribution in [-0.4, -0.2) is 29.3 Å². The van der Waals surface area contributed by atoms with Crippen LogP contribution in [0.5, 0.6) is 0 Å². The first-order chi connectivity index (χ1) is 16.3. The normalized spacial score (nSPS) is 10.7. The van der Waals surface area contributed by atoms with Crippen LogP contribution in [0.1, 0.15) is 38.8 Å². The number of fused-ring (bicyclic) bond motifs is 1. The van der Waals surface area contributed by atoms with Gasteiger partial charge in [-0.1, -0.05) is 60.2 Å². The zero-order chi connectivity index (χ0) is 24.2. The number of nitrogens with zero attached hydrogens (tertiary/aromatic N) is 1. The predicted octanol–water partition coefficient (Wildman–Crippen LogP) is 5.52. The van der Waals surface area contributed by atoms with E-state index in [2.05, 4.69) is 5.32 Å². The van der Waals surface area contributed by atoms with E-state index < -0.39 is 18.5 Å². The number of carbonyl (C=O) groups is 3. The molecule has 0 spiro atoms. The van der Waals surface area contributed by atoms with Crippen LogP contribution in [0, 0.1) is 13.8 Å². The molecule has 34 heavy (non-hydrogen) atoms. The summed E-state index contributed by atoms with van der Waals surface area (Å²) < 4.78 is 5.39. The van der Waals surface area contributed by atoms with Gasteiger partial charge in [-0.25, -0.2) is 9.78 Å². The van der Waals surface area contributed by atoms with E-state index in [1.165, 1.54) is 6.92 Å². The van der Waals surface area contributed by atoms with Crippen molar-refractivity contribution in [1.29, 1.82) is 0 Å². The third-order valence-corrected chi connectivity index (χ3v) is 5.55. The van der Waals surface area contributed by atoms with Gasteiger partial charge in [-0.3, -0.25) is 9.59 Å². The van der Waals surface area contributed by atoms with Gasteiger partial charge in [0, 0.05) is 22.2 Å². The van der Waals surface area contributed by atoms with Gasteiger partial charge in [-0.2, -0.15) is 0 Å². The number of benzene rings is 3. The van der Waals surface area contributed by atoms with Crippen LogP contribution in [0.15, 0.2) is 72.8 Å². The number of aryl methyl sites for hydroxylation is 1. The van der Waals surface area contributed by atoms with Crippen molar-refractivity contribution in [3.63, 3.8) is 0 Å². The number of pyridine rings is 1. The fourth-order valence-corrected chi connectivity index (χ4v) is 3.78. The van der Waals surface area contributed by atoms with E-state index in [9.17, 15) is 14.4 Å². The molecule has 1 aromatic heterocycles. The Bertz CT molecular complexity index is 1410. The largest absolute Gasteiger partial charge is 0.452 e. The number of para-hydroxylation sites is 1. The van der Waals surface area contributed by atoms with Crippen molar-refractivity contribution in [2.24, 2.45) is 0 Å². The Morgan fingerprint density at radius 2 is 1.65 bits per heavy atom. The van der Waals surface area contributed by atoms with E-state index in [4.69, 9.17) is 9.72 Å². The highest BCUT2D eigenvalue weighted by Gasteiger charge is 2.21. The molecule has 6 nitrogen and oxygen atoms in total. The summed E-state index contributed by atoms with van der Waals surface area (Å²) in [6.07, 6.45) is 0. The maximum Gasteiger partial charge on any atom is 0.339 e. The topological polar surface area (TPSA) is 85.4 Å². The SMILES string of the molecule is CC(=O)c1cccc(NC(=O)COC(=O)c2c(C)c(-c3ccc(C)cc3)nc3ccccc23)c1. The van der Waals surface area contributed by atoms with Gasteiger partial charge >= 0.3 is 5.97 Å². The van der Waals surface area contributed by atoms with E-state index in [0.717, 1.165) is 11.1 Å². The number of carbonyl (C=O) groups excluding carboxylic acids is 3. The number of anilines is 1. The van der Waals surface area contributed by atoms with Crippen molar-refractivity contribution in [3.05, 3.63) is 95.1 Å². The number of nitrogens with one attached hydrogen (secondary N) is 1. The molecular weight excluding hydrogens is 428 g/mol. The first-order valence-electron chi connectivity index (χ1n) is 10.9. The lowest BCUT2D eigenvalue weighted by atomic mass is 9.97. The molecule has 6 heteroatoms. The molecule has 0 saturated carbocycles.